The molecular weight excluding hydrogens is 358 g/mol. The van der Waals surface area contributed by atoms with E-state index in [4.69, 9.17) is 9.47 Å². The van der Waals surface area contributed by atoms with Crippen LogP contribution in [0.2, 0.25) is 0 Å². The lowest BCUT2D eigenvalue weighted by atomic mass is 10.2. The highest BCUT2D eigenvalue weighted by atomic mass is 32.2. The Balaban J connectivity index is 1.76. The molecule has 2 aromatic carbocycles. The van der Waals surface area contributed by atoms with Crippen LogP contribution in [0.3, 0.4) is 0 Å². The van der Waals surface area contributed by atoms with Gasteiger partial charge in [-0.2, -0.15) is 0 Å². The van der Waals surface area contributed by atoms with E-state index >= 15 is 0 Å². The molecule has 0 aromatic heterocycles. The Morgan fingerprint density at radius 1 is 1.12 bits per heavy atom. The van der Waals surface area contributed by atoms with Gasteiger partial charge in [0, 0.05) is 13.5 Å². The van der Waals surface area contributed by atoms with E-state index in [0.717, 1.165) is 4.31 Å². The van der Waals surface area contributed by atoms with Gasteiger partial charge in [-0.05, 0) is 36.4 Å². The van der Waals surface area contributed by atoms with E-state index in [1.807, 2.05) is 0 Å². The van der Waals surface area contributed by atoms with Gasteiger partial charge < -0.3 is 9.47 Å². The first-order chi connectivity index (χ1) is 12.4. The van der Waals surface area contributed by atoms with E-state index in [2.05, 4.69) is 0 Å². The molecule has 1 heterocycles. The molecule has 1 aliphatic heterocycles. The Hall–Kier alpha value is -2.87. The fourth-order valence-electron chi connectivity index (χ4n) is 2.48. The second-order valence-corrected chi connectivity index (χ2v) is 7.65. The summed E-state index contributed by atoms with van der Waals surface area (Å²) in [6.07, 6.45) is -0.589. The van der Waals surface area contributed by atoms with E-state index < -0.39 is 28.1 Å². The third kappa shape index (κ3) is 3.55. The highest BCUT2D eigenvalue weighted by Gasteiger charge is 2.30. The molecule has 0 aliphatic carbocycles. The number of para-hydroxylation sites is 1. The number of esters is 2. The monoisotopic (exact) mass is 375 g/mol. The Kier molecular flexibility index (Phi) is 4.94. The summed E-state index contributed by atoms with van der Waals surface area (Å²) >= 11 is 0. The molecule has 1 aliphatic rings. The third-order valence-electron chi connectivity index (χ3n) is 4.00. The summed E-state index contributed by atoms with van der Waals surface area (Å²) in [5.41, 5.74) is 0.682. The normalized spacial score (nSPS) is 16.8. The maximum atomic E-state index is 12.7. The summed E-state index contributed by atoms with van der Waals surface area (Å²) in [5, 5.41) is 0. The highest BCUT2D eigenvalue weighted by molar-refractivity contribution is 7.92. The fraction of sp³-hybridized carbons (Fsp3) is 0.222. The number of anilines is 1. The van der Waals surface area contributed by atoms with Crippen molar-refractivity contribution in [1.82, 2.24) is 0 Å². The van der Waals surface area contributed by atoms with E-state index in [-0.39, 0.29) is 17.1 Å². The molecule has 0 amide bonds. The first kappa shape index (κ1) is 17.9. The molecular formula is C18H17NO6S. The fourth-order valence-corrected chi connectivity index (χ4v) is 3.67. The molecule has 0 N–H and O–H groups in total. The van der Waals surface area contributed by atoms with Gasteiger partial charge in [0.15, 0.2) is 0 Å². The molecule has 1 fully saturated rings. The maximum absolute atomic E-state index is 12.7. The summed E-state index contributed by atoms with van der Waals surface area (Å²) in [4.78, 5) is 23.5. The minimum Gasteiger partial charge on any atom is -0.463 e. The van der Waals surface area contributed by atoms with E-state index in [0.29, 0.717) is 12.1 Å². The molecule has 0 saturated carbocycles. The van der Waals surface area contributed by atoms with Crippen molar-refractivity contribution in [2.24, 2.45) is 0 Å². The van der Waals surface area contributed by atoms with Crippen molar-refractivity contribution in [3.8, 4) is 0 Å². The summed E-state index contributed by atoms with van der Waals surface area (Å²) in [7, 11) is -2.30. The van der Waals surface area contributed by atoms with Crippen molar-refractivity contribution >= 4 is 27.6 Å². The number of carbonyl (C=O) groups excluding carboxylic acids is 2. The Labute approximate surface area is 151 Å². The standard InChI is InChI=1S/C18H17NO6S/c1-19(14-5-3-2-4-6-14)26(22,23)15-9-7-13(8-10-15)17(20)25-16-11-12-24-18(16)21/h2-10,16H,11-12H2,1H3. The minimum absolute atomic E-state index is 0.0423. The molecule has 136 valence electrons. The SMILES string of the molecule is CN(c1ccccc1)S(=O)(=O)c1ccc(C(=O)OC2CCOC2=O)cc1. The number of benzene rings is 2. The van der Waals surface area contributed by atoms with Gasteiger partial charge in [0.05, 0.1) is 22.8 Å². The molecule has 2 aromatic rings. The van der Waals surface area contributed by atoms with Gasteiger partial charge in [-0.25, -0.2) is 18.0 Å². The molecule has 8 heteroatoms. The van der Waals surface area contributed by atoms with Gasteiger partial charge in [0.2, 0.25) is 6.10 Å². The second kappa shape index (κ2) is 7.17. The summed E-state index contributed by atoms with van der Waals surface area (Å²) in [6.45, 7) is 0.222. The van der Waals surface area contributed by atoms with Crippen LogP contribution < -0.4 is 4.31 Å². The van der Waals surface area contributed by atoms with Crippen LogP contribution in [0, 0.1) is 0 Å². The van der Waals surface area contributed by atoms with Gasteiger partial charge >= 0.3 is 11.9 Å². The zero-order valence-corrected chi connectivity index (χ0v) is 14.8. The molecule has 1 atom stereocenters. The number of cyclic esters (lactones) is 1. The predicted octanol–water partition coefficient (Wildman–Crippen LogP) is 1.98. The summed E-state index contributed by atoms with van der Waals surface area (Å²) < 4.78 is 36.3. The van der Waals surface area contributed by atoms with Crippen LogP contribution in [0.15, 0.2) is 59.5 Å². The van der Waals surface area contributed by atoms with Crippen molar-refractivity contribution < 1.29 is 27.5 Å². The minimum atomic E-state index is -3.76. The van der Waals surface area contributed by atoms with Crippen molar-refractivity contribution in [3.63, 3.8) is 0 Å². The number of ether oxygens (including phenoxy) is 2. The lowest BCUT2D eigenvalue weighted by Gasteiger charge is -2.19. The number of hydrogen-bond acceptors (Lipinski definition) is 6. The van der Waals surface area contributed by atoms with Crippen molar-refractivity contribution in [2.75, 3.05) is 18.0 Å². The lowest BCUT2D eigenvalue weighted by molar-refractivity contribution is -0.145. The Bertz CT molecular complexity index is 908. The van der Waals surface area contributed by atoms with Crippen LogP contribution in [0.4, 0.5) is 5.69 Å². The van der Waals surface area contributed by atoms with E-state index in [9.17, 15) is 18.0 Å². The number of carbonyl (C=O) groups is 2. The summed E-state index contributed by atoms with van der Waals surface area (Å²) in [6, 6.07) is 14.0. The molecule has 1 unspecified atom stereocenters. The zero-order chi connectivity index (χ0) is 18.7. The Morgan fingerprint density at radius 2 is 1.77 bits per heavy atom. The molecule has 0 bridgehead atoms. The molecule has 7 nitrogen and oxygen atoms in total. The Morgan fingerprint density at radius 3 is 2.35 bits per heavy atom. The van der Waals surface area contributed by atoms with E-state index in [1.54, 1.807) is 30.3 Å². The van der Waals surface area contributed by atoms with Crippen LogP contribution in [0.25, 0.3) is 0 Å². The third-order valence-corrected chi connectivity index (χ3v) is 5.80. The van der Waals surface area contributed by atoms with Crippen molar-refractivity contribution in [3.05, 3.63) is 60.2 Å². The van der Waals surface area contributed by atoms with Crippen LogP contribution in [0.5, 0.6) is 0 Å². The summed E-state index contributed by atoms with van der Waals surface area (Å²) in [5.74, 6) is -1.27. The average Bonchev–Trinajstić information content (AvgIpc) is 3.06. The van der Waals surface area contributed by atoms with Crippen LogP contribution >= 0.6 is 0 Å². The lowest BCUT2D eigenvalue weighted by Crippen LogP contribution is -2.26. The average molecular weight is 375 g/mol. The highest BCUT2D eigenvalue weighted by Crippen LogP contribution is 2.22. The van der Waals surface area contributed by atoms with Gasteiger partial charge in [-0.3, -0.25) is 4.31 Å². The smallest absolute Gasteiger partial charge is 0.347 e. The number of hydrogen-bond donors (Lipinski definition) is 0. The van der Waals surface area contributed by atoms with E-state index in [1.165, 1.54) is 31.3 Å². The van der Waals surface area contributed by atoms with Gasteiger partial charge in [-0.1, -0.05) is 18.2 Å². The first-order valence-corrected chi connectivity index (χ1v) is 9.35. The van der Waals surface area contributed by atoms with Crippen LogP contribution in [-0.2, 0) is 24.3 Å². The topological polar surface area (TPSA) is 90.0 Å². The maximum Gasteiger partial charge on any atom is 0.347 e. The van der Waals surface area contributed by atoms with Crippen LogP contribution in [-0.4, -0.2) is 40.1 Å². The quantitative estimate of drug-likeness (QED) is 0.743. The number of sulfonamides is 1. The van der Waals surface area contributed by atoms with Crippen molar-refractivity contribution in [2.45, 2.75) is 17.4 Å². The number of nitrogens with zero attached hydrogens (tertiary/aromatic N) is 1. The van der Waals surface area contributed by atoms with Crippen molar-refractivity contribution in [1.29, 1.82) is 0 Å². The van der Waals surface area contributed by atoms with Crippen LogP contribution in [0.1, 0.15) is 16.8 Å². The largest absolute Gasteiger partial charge is 0.463 e. The number of rotatable bonds is 5. The predicted molar refractivity (Wildman–Crippen MR) is 93.3 cm³/mol. The molecule has 0 spiro atoms. The zero-order valence-electron chi connectivity index (χ0n) is 14.0. The van der Waals surface area contributed by atoms with Gasteiger partial charge in [0.25, 0.3) is 10.0 Å². The molecule has 1 saturated heterocycles. The molecule has 0 radical (unpaired) electrons. The second-order valence-electron chi connectivity index (χ2n) is 5.68. The van der Waals surface area contributed by atoms with Gasteiger partial charge in [-0.15, -0.1) is 0 Å². The molecule has 3 rings (SSSR count). The first-order valence-electron chi connectivity index (χ1n) is 7.91. The molecule has 26 heavy (non-hydrogen) atoms. The van der Waals surface area contributed by atoms with Gasteiger partial charge in [0.1, 0.15) is 0 Å².